The van der Waals surface area contributed by atoms with Crippen LogP contribution in [-0.2, 0) is 9.47 Å². The third-order valence-electron chi connectivity index (χ3n) is 28.2. The average molecular weight is 1990 g/mol. The van der Waals surface area contributed by atoms with E-state index in [1.807, 2.05) is 0 Å². The van der Waals surface area contributed by atoms with Crippen molar-refractivity contribution >= 4 is 76.6 Å². The van der Waals surface area contributed by atoms with Crippen LogP contribution in [0.25, 0.3) is 64.6 Å². The van der Waals surface area contributed by atoms with Crippen LogP contribution in [-0.4, -0.2) is 104 Å². The van der Waals surface area contributed by atoms with E-state index in [0.717, 1.165) is 352 Å². The predicted octanol–water partition coefficient (Wildman–Crippen LogP) is 38.5. The first-order valence-electron chi connectivity index (χ1n) is 59.1. The van der Waals surface area contributed by atoms with Crippen LogP contribution in [0.4, 0.5) is 0 Å². The monoisotopic (exact) mass is 1990 g/mol. The van der Waals surface area contributed by atoms with Crippen molar-refractivity contribution in [3.8, 4) is 69.0 Å². The van der Waals surface area contributed by atoms with Crippen LogP contribution in [0.1, 0.15) is 475 Å². The predicted molar refractivity (Wildman–Crippen MR) is 605 cm³/mol. The molecular formula is C128H194O16. The Balaban J connectivity index is 0.705. The van der Waals surface area contributed by atoms with Gasteiger partial charge in [0.05, 0.1) is 104 Å². The smallest absolute Gasteiger partial charge is 0.338 e. The van der Waals surface area contributed by atoms with Gasteiger partial charge in [0.15, 0.2) is 69.0 Å². The Bertz CT molecular complexity index is 4590. The Hall–Kier alpha value is -8.92. The van der Waals surface area contributed by atoms with E-state index in [0.29, 0.717) is 104 Å². The number of fused-ring (bicyclic) bond motifs is 12. The number of carbonyl (C=O) groups is 2. The molecule has 0 aliphatic heterocycles. The standard InChI is InChI=1S/C128H194O16/c1-11-21-31-57-74-131-115-89-103-105-91-117(133-76-59-33-23-13-3)121(137-80-63-37-27-17-7)95-109(105)113-99-125(123(139-82-65-39-29-19-9)97-111(113)107(103)93-119(115)135-78-61-35-25-15-5)141-84-67-53-49-45-41-43-47-51-55-69-86-143-127(129)101-72-71-73-102(88-101)128(130)144-87-70-56-52-48-44-42-46-50-54-68-85-142-126-100-114-110-96-122(138-81-64-38-28-18-8)118(134-77-60-34-24-14-4)92-106(110)104-90-116(132-75-58-32-22-12-2)120(136-79-62-36-26-16-6)94-108(104)112(114)98-124(126)140-83-66-40-30-20-10/h71-73,88-100H,11-70,74-87H2,1-10H3. The Morgan fingerprint density at radius 1 is 0.146 bits per heavy atom. The van der Waals surface area contributed by atoms with E-state index in [1.54, 1.807) is 24.3 Å². The molecule has 0 heterocycles. The fourth-order valence-electron chi connectivity index (χ4n) is 19.4. The van der Waals surface area contributed by atoms with E-state index >= 15 is 0 Å². The summed E-state index contributed by atoms with van der Waals surface area (Å²) in [6.45, 7) is 30.8. The van der Waals surface area contributed by atoms with Crippen molar-refractivity contribution in [1.29, 1.82) is 0 Å². The van der Waals surface area contributed by atoms with Crippen LogP contribution < -0.4 is 56.8 Å². The van der Waals surface area contributed by atoms with Crippen molar-refractivity contribution in [2.75, 3.05) is 92.5 Å². The highest BCUT2D eigenvalue weighted by Gasteiger charge is 2.26. The van der Waals surface area contributed by atoms with E-state index in [2.05, 4.69) is 142 Å². The summed E-state index contributed by atoms with van der Waals surface area (Å²) in [5.74, 6) is 8.61. The molecule has 0 unspecified atom stereocenters. The molecule has 9 aromatic rings. The lowest BCUT2D eigenvalue weighted by Gasteiger charge is -2.21. The molecule has 0 aromatic heterocycles. The minimum absolute atomic E-state index is 0.353. The van der Waals surface area contributed by atoms with Crippen molar-refractivity contribution in [3.63, 3.8) is 0 Å². The van der Waals surface area contributed by atoms with Crippen LogP contribution in [0.5, 0.6) is 69.0 Å². The van der Waals surface area contributed by atoms with Crippen LogP contribution >= 0.6 is 0 Å². The maximum atomic E-state index is 13.2. The van der Waals surface area contributed by atoms with Gasteiger partial charge in [-0.2, -0.15) is 0 Å². The third kappa shape index (κ3) is 42.7. The summed E-state index contributed by atoms with van der Waals surface area (Å²) in [5, 5.41) is 13.1. The van der Waals surface area contributed by atoms with Gasteiger partial charge in [0, 0.05) is 0 Å². The van der Waals surface area contributed by atoms with Gasteiger partial charge < -0.3 is 66.3 Å². The quantitative estimate of drug-likeness (QED) is 0.0201. The minimum Gasteiger partial charge on any atom is -0.490 e. The van der Waals surface area contributed by atoms with E-state index in [4.69, 9.17) is 66.3 Å². The molecule has 0 aliphatic rings. The van der Waals surface area contributed by atoms with Crippen LogP contribution in [0.2, 0.25) is 0 Å². The number of ether oxygens (including phenoxy) is 14. The highest BCUT2D eigenvalue weighted by Crippen LogP contribution is 2.51. The van der Waals surface area contributed by atoms with Crippen LogP contribution in [0.15, 0.2) is 97.1 Å². The normalized spacial score (nSPS) is 11.6. The van der Waals surface area contributed by atoms with Gasteiger partial charge in [0.25, 0.3) is 0 Å². The lowest BCUT2D eigenvalue weighted by molar-refractivity contribution is 0.0495. The second kappa shape index (κ2) is 74.0. The maximum Gasteiger partial charge on any atom is 0.338 e. The molecule has 16 nitrogen and oxygen atoms in total. The summed E-state index contributed by atoms with van der Waals surface area (Å²) in [5.41, 5.74) is 0.740. The number of benzene rings is 9. The Morgan fingerprint density at radius 2 is 0.257 bits per heavy atom. The first-order valence-corrected chi connectivity index (χ1v) is 59.1. The molecule has 0 N–H and O–H groups in total. The molecule has 0 saturated heterocycles. The highest BCUT2D eigenvalue weighted by molar-refractivity contribution is 6.28. The molecule has 0 amide bonds. The average Bonchev–Trinajstić information content (AvgIpc) is 0.728. The summed E-state index contributed by atoms with van der Waals surface area (Å²) >= 11 is 0. The lowest BCUT2D eigenvalue weighted by Crippen LogP contribution is -2.10. The molecule has 0 spiro atoms. The van der Waals surface area contributed by atoms with Crippen molar-refractivity contribution in [2.45, 2.75) is 454 Å². The van der Waals surface area contributed by atoms with Gasteiger partial charge in [-0.15, -0.1) is 0 Å². The number of rotatable bonds is 90. The molecule has 0 fully saturated rings. The van der Waals surface area contributed by atoms with Crippen molar-refractivity contribution in [2.24, 2.45) is 0 Å². The number of esters is 2. The minimum atomic E-state index is -0.409. The van der Waals surface area contributed by atoms with Gasteiger partial charge in [-0.05, 0) is 246 Å². The molecule has 802 valence electrons. The Labute approximate surface area is 871 Å². The first kappa shape index (κ1) is 119. The molecule has 0 bridgehead atoms. The summed E-state index contributed by atoms with van der Waals surface area (Å²) in [6, 6.07) is 33.6. The summed E-state index contributed by atoms with van der Waals surface area (Å²) < 4.78 is 92.9. The zero-order valence-corrected chi connectivity index (χ0v) is 92.1. The Morgan fingerprint density at radius 3 is 0.382 bits per heavy atom. The van der Waals surface area contributed by atoms with Gasteiger partial charge in [-0.3, -0.25) is 0 Å². The van der Waals surface area contributed by atoms with Gasteiger partial charge in [-0.1, -0.05) is 371 Å². The molecule has 16 heteroatoms. The molecule has 144 heavy (non-hydrogen) atoms. The van der Waals surface area contributed by atoms with Gasteiger partial charge in [0.1, 0.15) is 0 Å². The fourth-order valence-corrected chi connectivity index (χ4v) is 19.4. The molecular weight excluding hydrogens is 1790 g/mol. The largest absolute Gasteiger partial charge is 0.490 e. The number of carbonyl (C=O) groups excluding carboxylic acids is 2. The topological polar surface area (TPSA) is 163 Å². The number of hydrogen-bond acceptors (Lipinski definition) is 16. The molecule has 0 saturated carbocycles. The summed E-state index contributed by atoms with van der Waals surface area (Å²) in [6.07, 6.45) is 66.5. The molecule has 0 radical (unpaired) electrons. The van der Waals surface area contributed by atoms with Gasteiger partial charge in [-0.25, -0.2) is 9.59 Å². The van der Waals surface area contributed by atoms with E-state index < -0.39 is 11.9 Å². The Kier molecular flexibility index (Phi) is 61.0. The lowest BCUT2D eigenvalue weighted by atomic mass is 9.93. The second-order valence-corrected chi connectivity index (χ2v) is 40.8. The van der Waals surface area contributed by atoms with Gasteiger partial charge in [0.2, 0.25) is 0 Å². The van der Waals surface area contributed by atoms with Crippen LogP contribution in [0, 0.1) is 0 Å². The van der Waals surface area contributed by atoms with Gasteiger partial charge >= 0.3 is 11.9 Å². The molecule has 0 aliphatic carbocycles. The van der Waals surface area contributed by atoms with Crippen LogP contribution in [0.3, 0.4) is 0 Å². The maximum absolute atomic E-state index is 13.2. The third-order valence-corrected chi connectivity index (χ3v) is 28.2. The van der Waals surface area contributed by atoms with E-state index in [-0.39, 0.29) is 0 Å². The fraction of sp³-hybridized carbons (Fsp3) is 0.656. The highest BCUT2D eigenvalue weighted by atomic mass is 16.6. The van der Waals surface area contributed by atoms with E-state index in [1.165, 1.54) is 167 Å². The SMILES string of the molecule is CCCCCCOc1cc2c3cc(OCCCCCC)c(OCCCCCC)cc3c3cc(OCCCCCCCCCCCCOC(=O)c4cccc(C(=O)OCCCCCCCCCCCCOc5cc6c7cc(OCCCCCC)c(OCCCCCC)cc7c7cc(OCCCCCC)c(OCCCCCC)cc7c6cc5OCCCCCC)c4)c(OCCCCCC)cc3c2cc1OCCCCCC. The van der Waals surface area contributed by atoms with Crippen molar-refractivity contribution in [3.05, 3.63) is 108 Å². The first-order chi connectivity index (χ1) is 71.0. The summed E-state index contributed by atoms with van der Waals surface area (Å²) in [7, 11) is 0. The molecule has 0 atom stereocenters. The van der Waals surface area contributed by atoms with E-state index in [9.17, 15) is 9.59 Å². The zero-order valence-electron chi connectivity index (χ0n) is 92.1. The van der Waals surface area contributed by atoms with Crippen molar-refractivity contribution < 1.29 is 75.9 Å². The number of hydrogen-bond donors (Lipinski definition) is 0. The molecule has 9 rings (SSSR count). The number of unbranched alkanes of at least 4 members (excludes halogenated alkanes) is 48. The summed E-state index contributed by atoms with van der Waals surface area (Å²) in [4.78, 5) is 26.5. The molecule has 9 aromatic carbocycles. The second-order valence-electron chi connectivity index (χ2n) is 40.8. The zero-order chi connectivity index (χ0) is 102. The van der Waals surface area contributed by atoms with Crippen molar-refractivity contribution in [1.82, 2.24) is 0 Å².